The van der Waals surface area contributed by atoms with E-state index in [-0.39, 0.29) is 34.0 Å². The van der Waals surface area contributed by atoms with Crippen molar-refractivity contribution in [1.82, 2.24) is 19.5 Å². The van der Waals surface area contributed by atoms with Gasteiger partial charge in [-0.1, -0.05) is 129 Å². The van der Waals surface area contributed by atoms with E-state index in [9.17, 15) is 0 Å². The van der Waals surface area contributed by atoms with Crippen LogP contribution < -0.4 is 0 Å². The van der Waals surface area contributed by atoms with Crippen molar-refractivity contribution in [3.63, 3.8) is 0 Å². The normalized spacial score (nSPS) is 15.9. The zero-order valence-electron chi connectivity index (χ0n) is 38.4. The van der Waals surface area contributed by atoms with Crippen molar-refractivity contribution in [1.29, 1.82) is 0 Å². The number of rotatable bonds is 4. The van der Waals surface area contributed by atoms with Crippen LogP contribution in [0.4, 0.5) is 0 Å². The van der Waals surface area contributed by atoms with Crippen LogP contribution >= 0.6 is 0 Å². The highest BCUT2D eigenvalue weighted by Crippen LogP contribution is 2.51. The minimum atomic E-state index is -0.613. The third-order valence-corrected chi connectivity index (χ3v) is 10.4. The van der Waals surface area contributed by atoms with E-state index >= 15 is 0 Å². The molecule has 5 nitrogen and oxygen atoms in total. The van der Waals surface area contributed by atoms with Crippen molar-refractivity contribution in [2.24, 2.45) is 0 Å². The lowest BCUT2D eigenvalue weighted by Gasteiger charge is -2.21. The van der Waals surface area contributed by atoms with E-state index in [0.29, 0.717) is 16.7 Å². The van der Waals surface area contributed by atoms with Gasteiger partial charge in [0.1, 0.15) is 11.2 Å². The Hall–Kier alpha value is -6.85. The number of para-hydroxylation sites is 1. The zero-order chi connectivity index (χ0) is 44.0. The molecule has 1 aliphatic rings. The summed E-state index contributed by atoms with van der Waals surface area (Å²) in [6.07, 6.45) is 0. The Morgan fingerprint density at radius 3 is 1.96 bits per heavy atom. The Kier molecular flexibility index (Phi) is 4.49. The second kappa shape index (κ2) is 11.1. The summed E-state index contributed by atoms with van der Waals surface area (Å²) in [6.45, 7) is 4.55. The fraction of sp³-hybridized carbons (Fsp3) is 0.0625. The Morgan fingerprint density at radius 2 is 1.21 bits per heavy atom. The molecule has 0 aliphatic heterocycles. The van der Waals surface area contributed by atoms with Crippen molar-refractivity contribution in [3.8, 4) is 51.0 Å². The first-order valence-electron chi connectivity index (χ1n) is 22.2. The van der Waals surface area contributed by atoms with Crippen LogP contribution in [0.5, 0.6) is 0 Å². The van der Waals surface area contributed by atoms with Gasteiger partial charge in [0, 0.05) is 38.3 Å². The number of nitrogens with zero attached hydrogens (tertiary/aromatic N) is 4. The van der Waals surface area contributed by atoms with Crippen LogP contribution in [-0.4, -0.2) is 19.5 Å². The van der Waals surface area contributed by atoms with Crippen LogP contribution in [0.15, 0.2) is 162 Å². The minimum Gasteiger partial charge on any atom is -0.456 e. The molecule has 0 amide bonds. The lowest BCUT2D eigenvalue weighted by Crippen LogP contribution is -2.14. The molecule has 0 fully saturated rings. The molecule has 0 unspecified atom stereocenters. The van der Waals surface area contributed by atoms with Crippen LogP contribution in [-0.2, 0) is 5.41 Å². The van der Waals surface area contributed by atoms with E-state index in [0.717, 1.165) is 38.3 Å². The largest absolute Gasteiger partial charge is 0.456 e. The fourth-order valence-corrected chi connectivity index (χ4v) is 8.01. The molecule has 0 bridgehead atoms. The predicted octanol–water partition coefficient (Wildman–Crippen LogP) is 12.2. The smallest absolute Gasteiger partial charge is 0.164 e. The van der Waals surface area contributed by atoms with E-state index in [1.165, 1.54) is 22.3 Å². The molecule has 11 rings (SSSR count). The molecule has 3 heterocycles. The van der Waals surface area contributed by atoms with Gasteiger partial charge in [-0.3, -0.25) is 0 Å². The first-order chi connectivity index (χ1) is 30.2. The number of hydrogen-bond donors (Lipinski definition) is 0. The van der Waals surface area contributed by atoms with Gasteiger partial charge in [0.05, 0.1) is 35.8 Å². The molecule has 0 saturated carbocycles. The standard InChI is InChI=1S/C48H32N4O/c1-48(2)37-20-11-9-18-32(37)35-28-41-36(27-38(35)48)33-19-10-12-21-39(33)52(41)40-22-13-23-42-44(40)34-25-24-31(26-43(34)53-42)47-50-45(29-14-5-3-6-15-29)49-46(51-47)30-16-7-4-8-17-30/h3-28H,1-2H3/i3D,4D,5D,6D,7D,8D,14D,15D,16D,17D. The summed E-state index contributed by atoms with van der Waals surface area (Å²) in [5.74, 6) is -0.722. The van der Waals surface area contributed by atoms with Crippen LogP contribution in [0.3, 0.4) is 0 Å². The maximum absolute atomic E-state index is 8.69. The Balaban J connectivity index is 1.14. The average Bonchev–Trinajstić information content (AvgIpc) is 3.90. The first kappa shape index (κ1) is 21.5. The number of fused-ring (bicyclic) bond motifs is 9. The van der Waals surface area contributed by atoms with E-state index in [4.69, 9.17) is 18.1 Å². The summed E-state index contributed by atoms with van der Waals surface area (Å²) in [5.41, 5.74) is 8.60. The summed E-state index contributed by atoms with van der Waals surface area (Å²) < 4.78 is 93.2. The van der Waals surface area contributed by atoms with Gasteiger partial charge < -0.3 is 8.98 Å². The third-order valence-electron chi connectivity index (χ3n) is 10.4. The van der Waals surface area contributed by atoms with Crippen LogP contribution in [0.2, 0.25) is 0 Å². The van der Waals surface area contributed by atoms with E-state index in [1.54, 1.807) is 12.1 Å². The van der Waals surface area contributed by atoms with Gasteiger partial charge in [-0.2, -0.15) is 0 Å². The molecule has 0 N–H and O–H groups in total. The second-order valence-electron chi connectivity index (χ2n) is 13.7. The molecule has 10 aromatic rings. The molecule has 5 heteroatoms. The number of benzene rings is 7. The Labute approximate surface area is 319 Å². The number of furan rings is 1. The second-order valence-corrected chi connectivity index (χ2v) is 13.7. The van der Waals surface area contributed by atoms with E-state index < -0.39 is 60.4 Å². The molecule has 7 aromatic carbocycles. The molecule has 53 heavy (non-hydrogen) atoms. The van der Waals surface area contributed by atoms with Crippen LogP contribution in [0.1, 0.15) is 38.7 Å². The maximum Gasteiger partial charge on any atom is 0.164 e. The minimum absolute atomic E-state index is 0.0457. The number of aromatic nitrogens is 4. The summed E-state index contributed by atoms with van der Waals surface area (Å²) in [5, 5.41) is 3.90. The molecule has 1 aliphatic carbocycles. The zero-order valence-corrected chi connectivity index (χ0v) is 28.4. The highest BCUT2D eigenvalue weighted by atomic mass is 16.3. The highest BCUT2D eigenvalue weighted by Gasteiger charge is 2.36. The fourth-order valence-electron chi connectivity index (χ4n) is 8.01. The number of hydrogen-bond acceptors (Lipinski definition) is 4. The molecule has 250 valence electrons. The maximum atomic E-state index is 8.69. The predicted molar refractivity (Wildman–Crippen MR) is 215 cm³/mol. The Morgan fingerprint density at radius 1 is 0.528 bits per heavy atom. The third kappa shape index (κ3) is 4.40. The highest BCUT2D eigenvalue weighted by molar-refractivity contribution is 6.15. The molecular formula is C48H32N4O. The quantitative estimate of drug-likeness (QED) is 0.184. The van der Waals surface area contributed by atoms with Gasteiger partial charge in [-0.05, 0) is 64.7 Å². The molecule has 3 aromatic heterocycles. The molecule has 0 atom stereocenters. The molecular weight excluding hydrogens is 649 g/mol. The molecule has 0 saturated heterocycles. The van der Waals surface area contributed by atoms with Crippen molar-refractivity contribution in [2.75, 3.05) is 0 Å². The summed E-state index contributed by atoms with van der Waals surface area (Å²) >= 11 is 0. The Bertz CT molecular complexity index is 3540. The van der Waals surface area contributed by atoms with Crippen molar-refractivity contribution < 1.29 is 18.1 Å². The topological polar surface area (TPSA) is 56.7 Å². The van der Waals surface area contributed by atoms with Crippen LogP contribution in [0.25, 0.3) is 94.7 Å². The SMILES string of the molecule is [2H]c1c([2H])c([2H])c(-c2nc(-c3ccc4c(c3)oc3cccc(-n5c6ccccc6c6cc7c(cc65)-c5ccccc5C7(C)C)c34)nc(-c3c([2H])c([2H])c([2H])c([2H])c3[2H])n2)c([2H])c1[2H]. The first-order valence-corrected chi connectivity index (χ1v) is 17.2. The molecule has 0 radical (unpaired) electrons. The summed E-state index contributed by atoms with van der Waals surface area (Å²) in [4.78, 5) is 13.6. The van der Waals surface area contributed by atoms with Crippen LogP contribution in [0, 0.1) is 0 Å². The summed E-state index contributed by atoms with van der Waals surface area (Å²) in [6, 6.07) is 26.9. The van der Waals surface area contributed by atoms with Gasteiger partial charge >= 0.3 is 0 Å². The van der Waals surface area contributed by atoms with Gasteiger partial charge in [-0.25, -0.2) is 15.0 Å². The van der Waals surface area contributed by atoms with Gasteiger partial charge in [0.2, 0.25) is 0 Å². The summed E-state index contributed by atoms with van der Waals surface area (Å²) in [7, 11) is 0. The van der Waals surface area contributed by atoms with Crippen molar-refractivity contribution in [2.45, 2.75) is 19.3 Å². The lowest BCUT2D eigenvalue weighted by molar-refractivity contribution is 0.661. The van der Waals surface area contributed by atoms with Gasteiger partial charge in [0.25, 0.3) is 0 Å². The van der Waals surface area contributed by atoms with E-state index in [1.807, 2.05) is 24.3 Å². The van der Waals surface area contributed by atoms with Crippen molar-refractivity contribution in [3.05, 3.63) is 169 Å². The van der Waals surface area contributed by atoms with Gasteiger partial charge in [0.15, 0.2) is 17.5 Å². The average molecular weight is 691 g/mol. The lowest BCUT2D eigenvalue weighted by atomic mass is 9.82. The van der Waals surface area contributed by atoms with Gasteiger partial charge in [-0.15, -0.1) is 0 Å². The molecule has 0 spiro atoms. The van der Waals surface area contributed by atoms with Crippen molar-refractivity contribution >= 4 is 43.7 Å². The monoisotopic (exact) mass is 690 g/mol. The van der Waals surface area contributed by atoms with E-state index in [2.05, 4.69) is 94.0 Å².